The van der Waals surface area contributed by atoms with Gasteiger partial charge < -0.3 is 10.4 Å². The van der Waals surface area contributed by atoms with Gasteiger partial charge in [0.1, 0.15) is 0 Å². The minimum Gasteiger partial charge on any atom is -0.561 e. The lowest BCUT2D eigenvalue weighted by Gasteiger charge is -2.02. The van der Waals surface area contributed by atoms with Crippen LogP contribution in [-0.2, 0) is 0 Å². The van der Waals surface area contributed by atoms with E-state index in [1.165, 1.54) is 0 Å². The van der Waals surface area contributed by atoms with Crippen LogP contribution in [0.2, 0.25) is 0 Å². The van der Waals surface area contributed by atoms with Gasteiger partial charge in [0.2, 0.25) is 0 Å². The third-order valence-corrected chi connectivity index (χ3v) is 3.70. The molecule has 0 atom stereocenters. The van der Waals surface area contributed by atoms with Crippen molar-refractivity contribution in [1.29, 1.82) is 0 Å². The molecule has 92 valence electrons. The van der Waals surface area contributed by atoms with E-state index in [9.17, 15) is 10.4 Å². The van der Waals surface area contributed by atoms with Crippen LogP contribution in [0.3, 0.4) is 0 Å². The first-order valence-electron chi connectivity index (χ1n) is 5.03. The Balaban J connectivity index is 2.40. The summed E-state index contributed by atoms with van der Waals surface area (Å²) >= 11 is 4.28. The molecule has 0 aliphatic rings. The first kappa shape index (κ1) is 13.5. The van der Waals surface area contributed by atoms with Crippen LogP contribution in [0.25, 0.3) is 0 Å². The highest BCUT2D eigenvalue weighted by molar-refractivity contribution is 14.1. The van der Waals surface area contributed by atoms with Crippen molar-refractivity contribution in [2.24, 2.45) is 0 Å². The predicted octanol–water partition coefficient (Wildman–Crippen LogP) is 4.33. The van der Waals surface area contributed by atoms with Crippen molar-refractivity contribution in [3.8, 4) is 0 Å². The molecule has 0 aliphatic carbocycles. The molecular weight excluding hydrogens is 458 g/mol. The molecule has 0 aromatic heterocycles. The number of benzene rings is 2. The zero-order valence-electron chi connectivity index (χ0n) is 9.09. The summed E-state index contributed by atoms with van der Waals surface area (Å²) in [6.45, 7) is 0. The highest BCUT2D eigenvalue weighted by Crippen LogP contribution is 2.19. The minimum absolute atomic E-state index is 0.309. The molecule has 2 rings (SSSR count). The summed E-state index contributed by atoms with van der Waals surface area (Å²) in [6.07, 6.45) is 0. The molecule has 0 fully saturated rings. The maximum Gasteiger partial charge on any atom is 0.287 e. The number of nitrogens with zero attached hydrogens (tertiary/aromatic N) is 2. The molecule has 0 saturated carbocycles. The third kappa shape index (κ3) is 3.10. The molecule has 0 N–H and O–H groups in total. The Hall–Kier alpha value is -0.900. The lowest BCUT2D eigenvalue weighted by atomic mass is 10.3. The van der Waals surface area contributed by atoms with Gasteiger partial charge in [-0.3, -0.25) is 0 Å². The smallest absolute Gasteiger partial charge is 0.287 e. The lowest BCUT2D eigenvalue weighted by Crippen LogP contribution is -2.08. The van der Waals surface area contributed by atoms with Crippen LogP contribution in [-0.4, -0.2) is 9.72 Å². The van der Waals surface area contributed by atoms with Crippen LogP contribution in [0.1, 0.15) is 0 Å². The third-order valence-electron chi connectivity index (χ3n) is 2.26. The molecule has 2 aromatic rings. The second-order valence-corrected chi connectivity index (χ2v) is 5.99. The molecule has 0 spiro atoms. The summed E-state index contributed by atoms with van der Waals surface area (Å²) in [5, 5.41) is 23.7. The number of hydrogen-bond donors (Lipinski definition) is 0. The summed E-state index contributed by atoms with van der Waals surface area (Å²) in [4.78, 5) is 0.663. The number of rotatable bonds is 2. The average molecular weight is 466 g/mol. The SMILES string of the molecule is [O-]/[N+](c1ccc(I)cc1)=[N+](/[O-])c1ccc(I)cc1. The van der Waals surface area contributed by atoms with Crippen LogP contribution in [0.5, 0.6) is 0 Å². The highest BCUT2D eigenvalue weighted by Gasteiger charge is 2.14. The second-order valence-electron chi connectivity index (χ2n) is 3.50. The van der Waals surface area contributed by atoms with Crippen molar-refractivity contribution < 1.29 is 9.72 Å². The van der Waals surface area contributed by atoms with Gasteiger partial charge in [-0.1, -0.05) is 0 Å². The molecule has 0 saturated heterocycles. The van der Waals surface area contributed by atoms with Crippen molar-refractivity contribution in [3.05, 3.63) is 66.1 Å². The molecule has 4 nitrogen and oxygen atoms in total. The molecule has 0 amide bonds. The normalized spacial score (nSPS) is 12.1. The van der Waals surface area contributed by atoms with Crippen molar-refractivity contribution in [1.82, 2.24) is 0 Å². The van der Waals surface area contributed by atoms with Gasteiger partial charge in [0.15, 0.2) is 0 Å². The van der Waals surface area contributed by atoms with Crippen LogP contribution in [0, 0.1) is 17.6 Å². The second kappa shape index (κ2) is 5.83. The van der Waals surface area contributed by atoms with Gasteiger partial charge in [-0.15, -0.1) is 0 Å². The van der Waals surface area contributed by atoms with Crippen LogP contribution in [0.4, 0.5) is 11.4 Å². The zero-order valence-corrected chi connectivity index (χ0v) is 13.4. The van der Waals surface area contributed by atoms with Crippen molar-refractivity contribution in [2.75, 3.05) is 0 Å². The van der Waals surface area contributed by atoms with Gasteiger partial charge in [-0.2, -0.15) is 0 Å². The van der Waals surface area contributed by atoms with Crippen LogP contribution in [0.15, 0.2) is 48.5 Å². The summed E-state index contributed by atoms with van der Waals surface area (Å²) < 4.78 is 2.02. The first-order valence-corrected chi connectivity index (χ1v) is 7.19. The Morgan fingerprint density at radius 1 is 0.611 bits per heavy atom. The van der Waals surface area contributed by atoms with E-state index in [1.807, 2.05) is 0 Å². The van der Waals surface area contributed by atoms with Crippen molar-refractivity contribution in [3.63, 3.8) is 0 Å². The Labute approximate surface area is 131 Å². The largest absolute Gasteiger partial charge is 0.561 e. The van der Waals surface area contributed by atoms with E-state index in [2.05, 4.69) is 45.2 Å². The highest BCUT2D eigenvalue weighted by atomic mass is 127. The van der Waals surface area contributed by atoms with Crippen molar-refractivity contribution in [2.45, 2.75) is 0 Å². The molecule has 0 aliphatic heterocycles. The summed E-state index contributed by atoms with van der Waals surface area (Å²) in [6, 6.07) is 13.6. The molecule has 0 heterocycles. The Morgan fingerprint density at radius 3 is 1.17 bits per heavy atom. The lowest BCUT2D eigenvalue weighted by molar-refractivity contribution is -0.896. The van der Waals surface area contributed by atoms with Gasteiger partial charge in [0.25, 0.3) is 11.4 Å². The van der Waals surface area contributed by atoms with E-state index >= 15 is 0 Å². The molecule has 0 radical (unpaired) electrons. The minimum atomic E-state index is 0.309. The van der Waals surface area contributed by atoms with Gasteiger partial charge >= 0.3 is 0 Å². The predicted molar refractivity (Wildman–Crippen MR) is 84.9 cm³/mol. The monoisotopic (exact) mass is 466 g/mol. The standard InChI is InChI=1S/C12H8I2N2O2/c13-9-1-5-11(6-2-9)15(17)16(18)12-7-3-10(14)4-8-12/h1-8H/b16-15+. The first-order chi connectivity index (χ1) is 8.58. The molecular formula is C12H8I2N2O2. The van der Waals surface area contributed by atoms with E-state index in [0.717, 1.165) is 7.14 Å². The van der Waals surface area contributed by atoms with Gasteiger partial charge in [0.05, 0.1) is 9.72 Å². The quantitative estimate of drug-likeness (QED) is 0.287. The van der Waals surface area contributed by atoms with Crippen molar-refractivity contribution >= 4 is 56.6 Å². The molecule has 18 heavy (non-hydrogen) atoms. The fourth-order valence-electron chi connectivity index (χ4n) is 1.35. The van der Waals surface area contributed by atoms with Gasteiger partial charge in [-0.25, -0.2) is 0 Å². The van der Waals surface area contributed by atoms with E-state index in [0.29, 0.717) is 21.1 Å². The number of halogens is 2. The maximum atomic E-state index is 11.9. The topological polar surface area (TPSA) is 52.1 Å². The summed E-state index contributed by atoms with van der Waals surface area (Å²) in [5.74, 6) is 0. The van der Waals surface area contributed by atoms with E-state index in [-0.39, 0.29) is 0 Å². The Kier molecular flexibility index (Phi) is 4.38. The van der Waals surface area contributed by atoms with E-state index in [1.54, 1.807) is 48.5 Å². The molecule has 2 aromatic carbocycles. The maximum absolute atomic E-state index is 11.9. The van der Waals surface area contributed by atoms with Gasteiger partial charge in [0, 0.05) is 31.4 Å². The zero-order chi connectivity index (χ0) is 13.1. The molecule has 0 unspecified atom stereocenters. The fourth-order valence-corrected chi connectivity index (χ4v) is 2.07. The van der Waals surface area contributed by atoms with Gasteiger partial charge in [-0.05, 0) is 69.4 Å². The summed E-state index contributed by atoms with van der Waals surface area (Å²) in [7, 11) is 0. The van der Waals surface area contributed by atoms with E-state index < -0.39 is 0 Å². The Morgan fingerprint density at radius 2 is 0.889 bits per heavy atom. The molecule has 0 bridgehead atoms. The summed E-state index contributed by atoms with van der Waals surface area (Å²) in [5.41, 5.74) is 0.618. The fraction of sp³-hybridized carbons (Fsp3) is 0. The number of hydrogen-bond acceptors (Lipinski definition) is 2. The van der Waals surface area contributed by atoms with Crippen LogP contribution >= 0.6 is 45.2 Å². The van der Waals surface area contributed by atoms with E-state index in [4.69, 9.17) is 0 Å². The Bertz CT molecular complexity index is 527. The average Bonchev–Trinajstić information content (AvgIpc) is 2.39. The number of azo groups is 1. The van der Waals surface area contributed by atoms with Crippen LogP contribution < -0.4 is 0 Å². The molecule has 6 heteroatoms.